The van der Waals surface area contributed by atoms with E-state index in [1.807, 2.05) is 12.1 Å². The third-order valence-electron chi connectivity index (χ3n) is 3.08. The fraction of sp³-hybridized carbons (Fsp3) is 0.615. The molecule has 18 heavy (non-hydrogen) atoms. The zero-order chi connectivity index (χ0) is 13.0. The molecule has 0 spiro atoms. The Hall–Kier alpha value is -0.290. The van der Waals surface area contributed by atoms with Gasteiger partial charge in [-0.05, 0) is 38.3 Å². The lowest BCUT2D eigenvalue weighted by Gasteiger charge is -2.28. The van der Waals surface area contributed by atoms with Crippen LogP contribution in [0.1, 0.15) is 26.2 Å². The van der Waals surface area contributed by atoms with Gasteiger partial charge in [0.05, 0.1) is 16.7 Å². The highest BCUT2D eigenvalue weighted by Crippen LogP contribution is 2.26. The van der Waals surface area contributed by atoms with E-state index in [1.165, 1.54) is 12.8 Å². The molecule has 0 aliphatic heterocycles. The Morgan fingerprint density at radius 2 is 2.33 bits per heavy atom. The van der Waals surface area contributed by atoms with Gasteiger partial charge in [0.2, 0.25) is 0 Å². The zero-order valence-corrected chi connectivity index (χ0v) is 12.1. The predicted octanol–water partition coefficient (Wildman–Crippen LogP) is 2.72. The quantitative estimate of drug-likeness (QED) is 0.757. The van der Waals surface area contributed by atoms with E-state index in [2.05, 4.69) is 17.2 Å². The molecule has 100 valence electrons. The minimum absolute atomic E-state index is 0.166. The van der Waals surface area contributed by atoms with Crippen LogP contribution in [0.5, 0.6) is 0 Å². The molecule has 1 heterocycles. The molecule has 0 bridgehead atoms. The summed E-state index contributed by atoms with van der Waals surface area (Å²) in [6.45, 7) is 2.26. The van der Waals surface area contributed by atoms with Crippen LogP contribution in [0, 0.1) is 0 Å². The zero-order valence-electron chi connectivity index (χ0n) is 10.5. The molecule has 1 aromatic rings. The molecule has 2 N–H and O–H groups in total. The number of hydrogen-bond donors (Lipinski definition) is 2. The van der Waals surface area contributed by atoms with E-state index in [4.69, 9.17) is 11.6 Å². The van der Waals surface area contributed by atoms with Gasteiger partial charge in [-0.2, -0.15) is 0 Å². The van der Waals surface area contributed by atoms with E-state index in [1.54, 1.807) is 18.0 Å². The largest absolute Gasteiger partial charge is 0.394 e. The Morgan fingerprint density at radius 1 is 1.56 bits per heavy atom. The number of nitrogens with one attached hydrogen (secondary N) is 1. The van der Waals surface area contributed by atoms with E-state index < -0.39 is 0 Å². The summed E-state index contributed by atoms with van der Waals surface area (Å²) in [4.78, 5) is 4.25. The third kappa shape index (κ3) is 4.43. The van der Waals surface area contributed by atoms with Gasteiger partial charge in [-0.25, -0.2) is 4.98 Å². The number of aromatic nitrogens is 1. The first-order chi connectivity index (χ1) is 8.61. The molecule has 5 heteroatoms. The summed E-state index contributed by atoms with van der Waals surface area (Å²) < 4.78 is 0. The number of aliphatic hydroxyl groups excluding tert-OH is 1. The molecule has 1 atom stereocenters. The maximum absolute atomic E-state index is 9.49. The lowest BCUT2D eigenvalue weighted by molar-refractivity contribution is 0.169. The van der Waals surface area contributed by atoms with Crippen LogP contribution in [0.3, 0.4) is 0 Å². The number of thioether (sulfide) groups is 1. The molecule has 1 fully saturated rings. The van der Waals surface area contributed by atoms with Gasteiger partial charge in [-0.3, -0.25) is 0 Å². The maximum atomic E-state index is 9.49. The van der Waals surface area contributed by atoms with E-state index in [-0.39, 0.29) is 12.1 Å². The summed E-state index contributed by atoms with van der Waals surface area (Å²) in [5.41, 5.74) is -0.166. The van der Waals surface area contributed by atoms with Crippen LogP contribution in [0.15, 0.2) is 23.4 Å². The molecular weight excluding hydrogens is 268 g/mol. The molecule has 1 aromatic heterocycles. The number of hydrogen-bond acceptors (Lipinski definition) is 4. The molecule has 1 saturated carbocycles. The first-order valence-corrected chi connectivity index (χ1v) is 7.61. The van der Waals surface area contributed by atoms with E-state index in [0.717, 1.165) is 17.2 Å². The Morgan fingerprint density at radius 3 is 2.89 bits per heavy atom. The molecule has 0 saturated heterocycles. The lowest BCUT2D eigenvalue weighted by Crippen LogP contribution is -2.47. The Labute approximate surface area is 117 Å². The van der Waals surface area contributed by atoms with Gasteiger partial charge >= 0.3 is 0 Å². The van der Waals surface area contributed by atoms with Gasteiger partial charge < -0.3 is 10.4 Å². The van der Waals surface area contributed by atoms with Crippen molar-refractivity contribution >= 4 is 23.4 Å². The first-order valence-electron chi connectivity index (χ1n) is 6.24. The fourth-order valence-corrected chi connectivity index (χ4v) is 2.91. The highest BCUT2D eigenvalue weighted by molar-refractivity contribution is 7.99. The van der Waals surface area contributed by atoms with Crippen molar-refractivity contribution in [3.63, 3.8) is 0 Å². The molecule has 1 aliphatic carbocycles. The van der Waals surface area contributed by atoms with Crippen molar-refractivity contribution in [1.82, 2.24) is 10.3 Å². The highest BCUT2D eigenvalue weighted by Gasteiger charge is 2.31. The topological polar surface area (TPSA) is 45.2 Å². The fourth-order valence-electron chi connectivity index (χ4n) is 1.75. The molecular formula is C13H19ClN2OS. The van der Waals surface area contributed by atoms with Gasteiger partial charge in [-0.1, -0.05) is 11.6 Å². The van der Waals surface area contributed by atoms with Crippen LogP contribution >= 0.6 is 23.4 Å². The average molecular weight is 287 g/mol. The summed E-state index contributed by atoms with van der Waals surface area (Å²) in [5.74, 6) is 0.936. The second kappa shape index (κ2) is 6.24. The van der Waals surface area contributed by atoms with Crippen LogP contribution in [0.2, 0.25) is 5.02 Å². The van der Waals surface area contributed by atoms with Crippen molar-refractivity contribution in [3.8, 4) is 0 Å². The van der Waals surface area contributed by atoms with Crippen molar-refractivity contribution in [2.45, 2.75) is 42.8 Å². The van der Waals surface area contributed by atoms with Gasteiger partial charge in [0.15, 0.2) is 0 Å². The van der Waals surface area contributed by atoms with Crippen LogP contribution in [0.4, 0.5) is 0 Å². The molecule has 1 unspecified atom stereocenters. The summed E-state index contributed by atoms with van der Waals surface area (Å²) in [5, 5.41) is 14.6. The minimum atomic E-state index is -0.166. The van der Waals surface area contributed by atoms with Crippen molar-refractivity contribution in [2.75, 3.05) is 12.4 Å². The van der Waals surface area contributed by atoms with Crippen molar-refractivity contribution < 1.29 is 5.11 Å². The van der Waals surface area contributed by atoms with E-state index in [0.29, 0.717) is 11.1 Å². The molecule has 1 aliphatic rings. The molecule has 0 radical (unpaired) electrons. The normalized spacial score (nSPS) is 18.6. The predicted molar refractivity (Wildman–Crippen MR) is 76.2 cm³/mol. The number of rotatable bonds is 7. The number of halogens is 1. The number of aliphatic hydroxyl groups is 1. The summed E-state index contributed by atoms with van der Waals surface area (Å²) >= 11 is 7.49. The summed E-state index contributed by atoms with van der Waals surface area (Å²) in [6.07, 6.45) is 5.06. The van der Waals surface area contributed by atoms with Crippen LogP contribution in [-0.2, 0) is 0 Å². The lowest BCUT2D eigenvalue weighted by atomic mass is 10.0. The van der Waals surface area contributed by atoms with Gasteiger partial charge in [-0.15, -0.1) is 11.8 Å². The van der Waals surface area contributed by atoms with E-state index >= 15 is 0 Å². The van der Waals surface area contributed by atoms with Gasteiger partial charge in [0, 0.05) is 23.5 Å². The monoisotopic (exact) mass is 286 g/mol. The van der Waals surface area contributed by atoms with Gasteiger partial charge in [0.25, 0.3) is 0 Å². The summed E-state index contributed by atoms with van der Waals surface area (Å²) in [7, 11) is 0. The van der Waals surface area contributed by atoms with Crippen molar-refractivity contribution in [3.05, 3.63) is 23.4 Å². The standard InChI is InChI=1S/C13H19ClN2OS/c1-13(9-17,16-11-3-4-11)6-7-18-12-5-2-10(14)8-15-12/h2,5,8,11,16-17H,3-4,6-7,9H2,1H3. The SMILES string of the molecule is CC(CO)(CCSc1ccc(Cl)cn1)NC1CC1. The van der Waals surface area contributed by atoms with Crippen molar-refractivity contribution in [2.24, 2.45) is 0 Å². The van der Waals surface area contributed by atoms with Crippen molar-refractivity contribution in [1.29, 1.82) is 0 Å². The van der Waals surface area contributed by atoms with Crippen LogP contribution in [-0.4, -0.2) is 34.0 Å². The average Bonchev–Trinajstić information content (AvgIpc) is 3.15. The minimum Gasteiger partial charge on any atom is -0.394 e. The molecule has 0 aromatic carbocycles. The first kappa shape index (κ1) is 14.1. The Kier molecular flexibility index (Phi) is 4.90. The second-order valence-electron chi connectivity index (χ2n) is 5.05. The molecule has 2 rings (SSSR count). The summed E-state index contributed by atoms with van der Waals surface area (Å²) in [6, 6.07) is 4.39. The van der Waals surface area contributed by atoms with Gasteiger partial charge in [0.1, 0.15) is 0 Å². The third-order valence-corrected chi connectivity index (χ3v) is 4.25. The smallest absolute Gasteiger partial charge is 0.0960 e. The van der Waals surface area contributed by atoms with Crippen LogP contribution in [0.25, 0.3) is 0 Å². The number of nitrogens with zero attached hydrogens (tertiary/aromatic N) is 1. The number of pyridine rings is 1. The molecule has 0 amide bonds. The Bertz CT molecular complexity index is 383. The highest BCUT2D eigenvalue weighted by atomic mass is 35.5. The maximum Gasteiger partial charge on any atom is 0.0960 e. The second-order valence-corrected chi connectivity index (χ2v) is 6.60. The Balaban J connectivity index is 1.77. The van der Waals surface area contributed by atoms with E-state index in [9.17, 15) is 5.11 Å². The van der Waals surface area contributed by atoms with Crippen LogP contribution < -0.4 is 5.32 Å². The molecule has 3 nitrogen and oxygen atoms in total.